The van der Waals surface area contributed by atoms with Crippen LogP contribution in [0.15, 0.2) is 54.6 Å². The maximum absolute atomic E-state index is 5.71. The minimum atomic E-state index is 0.714. The van der Waals surface area contributed by atoms with Gasteiger partial charge in [0.15, 0.2) is 0 Å². The van der Waals surface area contributed by atoms with Crippen molar-refractivity contribution in [3.05, 3.63) is 71.3 Å². The van der Waals surface area contributed by atoms with Gasteiger partial charge in [-0.05, 0) is 36.6 Å². The second kappa shape index (κ2) is 8.51. The zero-order valence-corrected chi connectivity index (χ0v) is 12.1. The molecule has 0 aromatic heterocycles. The van der Waals surface area contributed by atoms with Crippen LogP contribution in [0.3, 0.4) is 0 Å². The van der Waals surface area contributed by atoms with Crippen molar-refractivity contribution in [1.29, 1.82) is 0 Å². The number of rotatable bonds is 8. The van der Waals surface area contributed by atoms with E-state index >= 15 is 0 Å². The van der Waals surface area contributed by atoms with Crippen molar-refractivity contribution in [1.82, 2.24) is 5.32 Å². The predicted molar refractivity (Wildman–Crippen MR) is 83.6 cm³/mol. The Labute approximate surface area is 121 Å². The van der Waals surface area contributed by atoms with Crippen LogP contribution < -0.4 is 5.32 Å². The number of benzene rings is 2. The van der Waals surface area contributed by atoms with E-state index in [9.17, 15) is 0 Å². The van der Waals surface area contributed by atoms with Crippen molar-refractivity contribution in [3.63, 3.8) is 0 Å². The van der Waals surface area contributed by atoms with Crippen molar-refractivity contribution < 1.29 is 4.74 Å². The lowest BCUT2D eigenvalue weighted by Gasteiger charge is -2.08. The van der Waals surface area contributed by atoms with Crippen molar-refractivity contribution in [3.8, 4) is 0 Å². The molecule has 0 atom stereocenters. The van der Waals surface area contributed by atoms with Gasteiger partial charge in [0.05, 0.1) is 6.61 Å². The highest BCUT2D eigenvalue weighted by molar-refractivity contribution is 5.24. The molecule has 0 amide bonds. The average Bonchev–Trinajstić information content (AvgIpc) is 2.49. The smallest absolute Gasteiger partial charge is 0.0719 e. The molecule has 0 aliphatic rings. The zero-order chi connectivity index (χ0) is 14.0. The van der Waals surface area contributed by atoms with Crippen molar-refractivity contribution in [2.45, 2.75) is 26.5 Å². The van der Waals surface area contributed by atoms with E-state index in [-0.39, 0.29) is 0 Å². The van der Waals surface area contributed by atoms with Crippen LogP contribution >= 0.6 is 0 Å². The van der Waals surface area contributed by atoms with E-state index in [0.29, 0.717) is 6.61 Å². The Kier molecular flexibility index (Phi) is 6.28. The highest BCUT2D eigenvalue weighted by Gasteiger charge is 1.97. The lowest BCUT2D eigenvalue weighted by atomic mass is 10.1. The third kappa shape index (κ3) is 5.16. The van der Waals surface area contributed by atoms with E-state index in [1.165, 1.54) is 16.7 Å². The first-order chi connectivity index (χ1) is 9.86. The molecule has 20 heavy (non-hydrogen) atoms. The molecule has 2 nitrogen and oxygen atoms in total. The molecule has 0 bridgehead atoms. The quantitative estimate of drug-likeness (QED) is 0.738. The summed E-state index contributed by atoms with van der Waals surface area (Å²) in [6.07, 6.45) is 1.04. The van der Waals surface area contributed by atoms with E-state index in [1.54, 1.807) is 0 Å². The monoisotopic (exact) mass is 269 g/mol. The molecule has 0 spiro atoms. The summed E-state index contributed by atoms with van der Waals surface area (Å²) in [6, 6.07) is 18.8. The zero-order valence-electron chi connectivity index (χ0n) is 12.1. The Morgan fingerprint density at radius 2 is 1.70 bits per heavy atom. The molecule has 0 saturated heterocycles. The summed E-state index contributed by atoms with van der Waals surface area (Å²) in [6.45, 7) is 5.56. The van der Waals surface area contributed by atoms with Crippen LogP contribution in [0, 0.1) is 6.92 Å². The normalized spacial score (nSPS) is 10.7. The molecule has 2 aromatic carbocycles. The first-order valence-corrected chi connectivity index (χ1v) is 7.23. The van der Waals surface area contributed by atoms with Gasteiger partial charge >= 0.3 is 0 Å². The Morgan fingerprint density at radius 3 is 2.50 bits per heavy atom. The van der Waals surface area contributed by atoms with Gasteiger partial charge in [0.1, 0.15) is 0 Å². The summed E-state index contributed by atoms with van der Waals surface area (Å²) in [5, 5.41) is 3.43. The van der Waals surface area contributed by atoms with Crippen LogP contribution in [0.4, 0.5) is 0 Å². The molecule has 0 aliphatic heterocycles. The first kappa shape index (κ1) is 14.8. The second-order valence-corrected chi connectivity index (χ2v) is 4.99. The molecular weight excluding hydrogens is 246 g/mol. The highest BCUT2D eigenvalue weighted by Crippen LogP contribution is 2.08. The molecule has 106 valence electrons. The second-order valence-electron chi connectivity index (χ2n) is 4.99. The van der Waals surface area contributed by atoms with Crippen molar-refractivity contribution >= 4 is 0 Å². The van der Waals surface area contributed by atoms with Gasteiger partial charge in [-0.1, -0.05) is 54.6 Å². The van der Waals surface area contributed by atoms with Crippen molar-refractivity contribution in [2.24, 2.45) is 0 Å². The molecule has 0 saturated carbocycles. The molecular formula is C18H23NO. The van der Waals surface area contributed by atoms with Gasteiger partial charge in [0.2, 0.25) is 0 Å². The fourth-order valence-corrected chi connectivity index (χ4v) is 2.08. The molecule has 0 heterocycles. The van der Waals surface area contributed by atoms with E-state index in [0.717, 1.165) is 26.1 Å². The molecule has 2 rings (SSSR count). The SMILES string of the molecule is Cc1ccccc1COCCCNCc1ccccc1. The minimum Gasteiger partial charge on any atom is -0.377 e. The molecule has 0 unspecified atom stereocenters. The average molecular weight is 269 g/mol. The Hall–Kier alpha value is -1.64. The molecule has 0 aliphatic carbocycles. The molecule has 1 N–H and O–H groups in total. The Morgan fingerprint density at radius 1 is 0.950 bits per heavy atom. The number of nitrogens with one attached hydrogen (secondary N) is 1. The van der Waals surface area contributed by atoms with E-state index in [4.69, 9.17) is 4.74 Å². The van der Waals surface area contributed by atoms with Gasteiger partial charge in [0.25, 0.3) is 0 Å². The molecule has 2 aromatic rings. The lowest BCUT2D eigenvalue weighted by molar-refractivity contribution is 0.118. The summed E-state index contributed by atoms with van der Waals surface area (Å²) in [5.41, 5.74) is 3.91. The van der Waals surface area contributed by atoms with Crippen LogP contribution in [0.5, 0.6) is 0 Å². The third-order valence-electron chi connectivity index (χ3n) is 3.33. The summed E-state index contributed by atoms with van der Waals surface area (Å²) < 4.78 is 5.71. The Bertz CT molecular complexity index is 496. The maximum Gasteiger partial charge on any atom is 0.0719 e. The summed E-state index contributed by atoms with van der Waals surface area (Å²) in [5.74, 6) is 0. The van der Waals surface area contributed by atoms with E-state index in [1.807, 2.05) is 6.07 Å². The largest absolute Gasteiger partial charge is 0.377 e. The van der Waals surface area contributed by atoms with Gasteiger partial charge in [-0.25, -0.2) is 0 Å². The van der Waals surface area contributed by atoms with E-state index < -0.39 is 0 Å². The summed E-state index contributed by atoms with van der Waals surface area (Å²) in [4.78, 5) is 0. The number of hydrogen-bond acceptors (Lipinski definition) is 2. The Balaban J connectivity index is 1.53. The fourth-order valence-electron chi connectivity index (χ4n) is 2.08. The van der Waals surface area contributed by atoms with Crippen LogP contribution in [-0.4, -0.2) is 13.2 Å². The number of ether oxygens (including phenoxy) is 1. The molecule has 0 fully saturated rings. The number of hydrogen-bond donors (Lipinski definition) is 1. The maximum atomic E-state index is 5.71. The van der Waals surface area contributed by atoms with Crippen molar-refractivity contribution in [2.75, 3.05) is 13.2 Å². The predicted octanol–water partition coefficient (Wildman–Crippen LogP) is 3.69. The molecule has 2 heteroatoms. The summed E-state index contributed by atoms with van der Waals surface area (Å²) in [7, 11) is 0. The fraction of sp³-hybridized carbons (Fsp3) is 0.333. The minimum absolute atomic E-state index is 0.714. The topological polar surface area (TPSA) is 21.3 Å². The van der Waals surface area contributed by atoms with Gasteiger partial charge in [-0.2, -0.15) is 0 Å². The van der Waals surface area contributed by atoms with Crippen LogP contribution in [-0.2, 0) is 17.9 Å². The summed E-state index contributed by atoms with van der Waals surface area (Å²) >= 11 is 0. The number of aryl methyl sites for hydroxylation is 1. The highest BCUT2D eigenvalue weighted by atomic mass is 16.5. The van der Waals surface area contributed by atoms with Gasteiger partial charge < -0.3 is 10.1 Å². The lowest BCUT2D eigenvalue weighted by Crippen LogP contribution is -2.16. The van der Waals surface area contributed by atoms with Crippen LogP contribution in [0.2, 0.25) is 0 Å². The molecule has 0 radical (unpaired) electrons. The van der Waals surface area contributed by atoms with Gasteiger partial charge in [-0.15, -0.1) is 0 Å². The van der Waals surface area contributed by atoms with Gasteiger partial charge in [0, 0.05) is 13.2 Å². The standard InChI is InChI=1S/C18H23NO/c1-16-8-5-6-11-18(16)15-20-13-7-12-19-14-17-9-3-2-4-10-17/h2-6,8-11,19H,7,12-15H2,1H3. The first-order valence-electron chi connectivity index (χ1n) is 7.23. The third-order valence-corrected chi connectivity index (χ3v) is 3.33. The van der Waals surface area contributed by atoms with E-state index in [2.05, 4.69) is 60.8 Å². The van der Waals surface area contributed by atoms with Crippen LogP contribution in [0.1, 0.15) is 23.1 Å². The van der Waals surface area contributed by atoms with Crippen LogP contribution in [0.25, 0.3) is 0 Å². The van der Waals surface area contributed by atoms with Gasteiger partial charge in [-0.3, -0.25) is 0 Å².